The zero-order valence-corrected chi connectivity index (χ0v) is 12.2. The fraction of sp³-hybridized carbons (Fsp3) is 0.857. The van der Waals surface area contributed by atoms with E-state index in [-0.39, 0.29) is 5.91 Å². The number of hydrogen-bond donors (Lipinski definition) is 1. The van der Waals surface area contributed by atoms with Gasteiger partial charge in [0.2, 0.25) is 5.91 Å². The van der Waals surface area contributed by atoms with E-state index in [1.54, 1.807) is 0 Å². The van der Waals surface area contributed by atoms with E-state index in [2.05, 4.69) is 35.0 Å². The van der Waals surface area contributed by atoms with Crippen molar-refractivity contribution in [1.29, 1.82) is 5.26 Å². The first-order valence-electron chi connectivity index (χ1n) is 7.27. The number of carbonyl (C=O) groups excluding carboxylic acids is 1. The number of piperazine rings is 1. The second kappa shape index (κ2) is 8.89. The molecule has 1 aliphatic heterocycles. The van der Waals surface area contributed by atoms with Gasteiger partial charge >= 0.3 is 0 Å². The molecule has 1 unspecified atom stereocenters. The summed E-state index contributed by atoms with van der Waals surface area (Å²) in [5.74, 6) is 0.131. The Hall–Kier alpha value is -1.12. The van der Waals surface area contributed by atoms with Crippen LogP contribution in [0, 0.1) is 11.3 Å². The third-order valence-electron chi connectivity index (χ3n) is 3.64. The summed E-state index contributed by atoms with van der Waals surface area (Å²) >= 11 is 0. The van der Waals surface area contributed by atoms with Crippen molar-refractivity contribution in [3.63, 3.8) is 0 Å². The molecule has 1 saturated heterocycles. The minimum absolute atomic E-state index is 0.131. The van der Waals surface area contributed by atoms with Crippen molar-refractivity contribution < 1.29 is 4.79 Å². The van der Waals surface area contributed by atoms with E-state index < -0.39 is 0 Å². The minimum atomic E-state index is 0.131. The molecule has 1 amide bonds. The molecule has 5 heteroatoms. The van der Waals surface area contributed by atoms with Crippen LogP contribution in [0.15, 0.2) is 0 Å². The van der Waals surface area contributed by atoms with Crippen molar-refractivity contribution in [1.82, 2.24) is 15.1 Å². The predicted molar refractivity (Wildman–Crippen MR) is 75.6 cm³/mol. The summed E-state index contributed by atoms with van der Waals surface area (Å²) in [7, 11) is 0. The molecule has 19 heavy (non-hydrogen) atoms. The molecule has 1 N–H and O–H groups in total. The first-order valence-corrected chi connectivity index (χ1v) is 7.27. The van der Waals surface area contributed by atoms with Gasteiger partial charge < -0.3 is 5.32 Å². The zero-order valence-electron chi connectivity index (χ0n) is 12.2. The summed E-state index contributed by atoms with van der Waals surface area (Å²) < 4.78 is 0. The van der Waals surface area contributed by atoms with Crippen LogP contribution in [-0.2, 0) is 4.79 Å². The fourth-order valence-corrected chi connectivity index (χ4v) is 2.29. The van der Waals surface area contributed by atoms with Crippen molar-refractivity contribution in [2.45, 2.75) is 39.2 Å². The van der Waals surface area contributed by atoms with Crippen molar-refractivity contribution in [2.24, 2.45) is 0 Å². The predicted octanol–water partition coefficient (Wildman–Crippen LogP) is 0.822. The number of nitrogens with one attached hydrogen (secondary N) is 1. The average Bonchev–Trinajstić information content (AvgIpc) is 2.40. The van der Waals surface area contributed by atoms with Crippen LogP contribution in [0.5, 0.6) is 0 Å². The van der Waals surface area contributed by atoms with E-state index in [4.69, 9.17) is 5.26 Å². The normalized spacial score (nSPS) is 18.8. The highest BCUT2D eigenvalue weighted by Crippen LogP contribution is 2.08. The monoisotopic (exact) mass is 266 g/mol. The molecular formula is C14H26N4O. The number of carbonyl (C=O) groups is 1. The van der Waals surface area contributed by atoms with Gasteiger partial charge in [-0.2, -0.15) is 5.26 Å². The fourth-order valence-electron chi connectivity index (χ4n) is 2.29. The highest BCUT2D eigenvalue weighted by Gasteiger charge is 2.21. The third kappa shape index (κ3) is 6.04. The second-order valence-corrected chi connectivity index (χ2v) is 5.23. The molecule has 1 rings (SSSR count). The minimum Gasteiger partial charge on any atom is -0.355 e. The number of amides is 1. The summed E-state index contributed by atoms with van der Waals surface area (Å²) in [6.45, 7) is 9.23. The molecule has 0 spiro atoms. The van der Waals surface area contributed by atoms with Gasteiger partial charge in [0.05, 0.1) is 19.0 Å². The van der Waals surface area contributed by atoms with Crippen LogP contribution >= 0.6 is 0 Å². The van der Waals surface area contributed by atoms with Crippen LogP contribution in [0.4, 0.5) is 0 Å². The van der Waals surface area contributed by atoms with Crippen LogP contribution in [-0.4, -0.2) is 61.0 Å². The number of nitriles is 1. The van der Waals surface area contributed by atoms with Gasteiger partial charge in [0.15, 0.2) is 0 Å². The molecule has 1 heterocycles. The lowest BCUT2D eigenvalue weighted by atomic mass is 10.2. The Kier molecular flexibility index (Phi) is 7.46. The Morgan fingerprint density at radius 2 is 2.05 bits per heavy atom. The Morgan fingerprint density at radius 3 is 2.63 bits per heavy atom. The van der Waals surface area contributed by atoms with Crippen LogP contribution < -0.4 is 5.32 Å². The highest BCUT2D eigenvalue weighted by molar-refractivity contribution is 5.77. The van der Waals surface area contributed by atoms with E-state index in [1.807, 2.05) is 0 Å². The van der Waals surface area contributed by atoms with E-state index >= 15 is 0 Å². The largest absolute Gasteiger partial charge is 0.355 e. The molecular weight excluding hydrogens is 240 g/mol. The topological polar surface area (TPSA) is 59.4 Å². The van der Waals surface area contributed by atoms with Crippen LogP contribution in [0.25, 0.3) is 0 Å². The van der Waals surface area contributed by atoms with Crippen molar-refractivity contribution in [2.75, 3.05) is 39.3 Å². The Balaban J connectivity index is 2.19. The quantitative estimate of drug-likeness (QED) is 0.693. The third-order valence-corrected chi connectivity index (χ3v) is 3.64. The van der Waals surface area contributed by atoms with E-state index in [1.165, 1.54) is 0 Å². The van der Waals surface area contributed by atoms with Gasteiger partial charge in [-0.3, -0.25) is 14.6 Å². The van der Waals surface area contributed by atoms with Gasteiger partial charge in [-0.1, -0.05) is 13.3 Å². The van der Waals surface area contributed by atoms with Gasteiger partial charge in [0.25, 0.3) is 0 Å². The Bertz CT molecular complexity index is 305. The molecule has 0 aromatic rings. The van der Waals surface area contributed by atoms with Gasteiger partial charge in [0.1, 0.15) is 0 Å². The van der Waals surface area contributed by atoms with Crippen molar-refractivity contribution in [3.8, 4) is 6.07 Å². The zero-order chi connectivity index (χ0) is 14.1. The molecule has 0 aliphatic carbocycles. The molecule has 1 fully saturated rings. The lowest BCUT2D eigenvalue weighted by Crippen LogP contribution is -2.51. The molecule has 0 saturated carbocycles. The Morgan fingerprint density at radius 1 is 1.37 bits per heavy atom. The standard InChI is InChI=1S/C14H26N4O/c1-3-4-7-16-14(19)12-17-8-10-18(11-9-17)13(2)5-6-15/h13H,3-5,7-12H2,1-2H3,(H,16,19). The average molecular weight is 266 g/mol. The van der Waals surface area contributed by atoms with Gasteiger partial charge in [-0.05, 0) is 13.3 Å². The maximum absolute atomic E-state index is 11.7. The molecule has 0 radical (unpaired) electrons. The molecule has 1 aliphatic rings. The van der Waals surface area contributed by atoms with Gasteiger partial charge in [-0.25, -0.2) is 0 Å². The Labute approximate surface area is 116 Å². The molecule has 5 nitrogen and oxygen atoms in total. The maximum Gasteiger partial charge on any atom is 0.234 e. The SMILES string of the molecule is CCCCNC(=O)CN1CCN(C(C)CC#N)CC1. The molecule has 0 aromatic carbocycles. The summed E-state index contributed by atoms with van der Waals surface area (Å²) in [4.78, 5) is 16.2. The van der Waals surface area contributed by atoms with Gasteiger partial charge in [0, 0.05) is 38.8 Å². The van der Waals surface area contributed by atoms with Crippen molar-refractivity contribution in [3.05, 3.63) is 0 Å². The summed E-state index contributed by atoms with van der Waals surface area (Å²) in [5.41, 5.74) is 0. The smallest absolute Gasteiger partial charge is 0.234 e. The maximum atomic E-state index is 11.7. The van der Waals surface area contributed by atoms with Crippen LogP contribution in [0.2, 0.25) is 0 Å². The van der Waals surface area contributed by atoms with Crippen LogP contribution in [0.3, 0.4) is 0 Å². The number of rotatable bonds is 7. The van der Waals surface area contributed by atoms with Gasteiger partial charge in [-0.15, -0.1) is 0 Å². The molecule has 0 bridgehead atoms. The molecule has 0 aromatic heterocycles. The number of unbranched alkanes of at least 4 members (excludes halogenated alkanes) is 1. The lowest BCUT2D eigenvalue weighted by molar-refractivity contribution is -0.122. The van der Waals surface area contributed by atoms with E-state index in [9.17, 15) is 4.79 Å². The van der Waals surface area contributed by atoms with Crippen molar-refractivity contribution >= 4 is 5.91 Å². The first-order chi connectivity index (χ1) is 9.17. The molecule has 108 valence electrons. The van der Waals surface area contributed by atoms with E-state index in [0.29, 0.717) is 19.0 Å². The summed E-state index contributed by atoms with van der Waals surface area (Å²) in [5, 5.41) is 11.6. The molecule has 1 atom stereocenters. The highest BCUT2D eigenvalue weighted by atomic mass is 16.2. The summed E-state index contributed by atoms with van der Waals surface area (Å²) in [6, 6.07) is 2.54. The van der Waals surface area contributed by atoms with E-state index in [0.717, 1.165) is 45.6 Å². The first kappa shape index (κ1) is 15.9. The number of hydrogen-bond acceptors (Lipinski definition) is 4. The second-order valence-electron chi connectivity index (χ2n) is 5.23. The van der Waals surface area contributed by atoms with Crippen LogP contribution in [0.1, 0.15) is 33.1 Å². The summed E-state index contributed by atoms with van der Waals surface area (Å²) in [6.07, 6.45) is 2.73. The number of nitrogens with zero attached hydrogens (tertiary/aromatic N) is 3. The lowest BCUT2D eigenvalue weighted by Gasteiger charge is -2.37.